The molecule has 0 bridgehead atoms. The van der Waals surface area contributed by atoms with E-state index in [0.717, 1.165) is 13.0 Å². The molecule has 1 aromatic carbocycles. The van der Waals surface area contributed by atoms with Crippen molar-refractivity contribution in [1.82, 2.24) is 10.2 Å². The number of nitrogens with zero attached hydrogens (tertiary/aromatic N) is 1. The van der Waals surface area contributed by atoms with Crippen LogP contribution in [-0.4, -0.2) is 24.0 Å². The van der Waals surface area contributed by atoms with Gasteiger partial charge in [-0.2, -0.15) is 0 Å². The molecule has 1 aliphatic rings. The second-order valence-electron chi connectivity index (χ2n) is 5.34. The zero-order valence-corrected chi connectivity index (χ0v) is 13.2. The first kappa shape index (κ1) is 14.1. The van der Waals surface area contributed by atoms with Gasteiger partial charge in [0, 0.05) is 18.0 Å². The number of carbonyl (C=O) groups is 1. The number of rotatable bonds is 2. The lowest BCUT2D eigenvalue weighted by Crippen LogP contribution is -2.45. The van der Waals surface area contributed by atoms with Crippen molar-refractivity contribution in [2.24, 2.45) is 0 Å². The van der Waals surface area contributed by atoms with Crippen LogP contribution in [0.5, 0.6) is 0 Å². The van der Waals surface area contributed by atoms with Crippen molar-refractivity contribution in [2.75, 3.05) is 13.1 Å². The van der Waals surface area contributed by atoms with Crippen molar-refractivity contribution >= 4 is 17.4 Å². The van der Waals surface area contributed by atoms with Crippen molar-refractivity contribution in [3.8, 4) is 0 Å². The van der Waals surface area contributed by atoms with Crippen LogP contribution < -0.4 is 5.32 Å². The Balaban J connectivity index is 2.06. The van der Waals surface area contributed by atoms with Gasteiger partial charge in [0.05, 0.1) is 6.04 Å². The van der Waals surface area contributed by atoms with Gasteiger partial charge >= 0.3 is 6.03 Å². The Hall–Kier alpha value is -1.81. The first-order valence-electron chi connectivity index (χ1n) is 7.38. The second-order valence-corrected chi connectivity index (χ2v) is 6.34. The molecule has 2 heterocycles. The number of amides is 2. The first-order chi connectivity index (χ1) is 10.2. The molecular weight excluding hydrogens is 280 g/mol. The van der Waals surface area contributed by atoms with Gasteiger partial charge in [-0.05, 0) is 48.4 Å². The van der Waals surface area contributed by atoms with Gasteiger partial charge in [-0.3, -0.25) is 0 Å². The Labute approximate surface area is 129 Å². The Morgan fingerprint density at radius 3 is 2.90 bits per heavy atom. The largest absolute Gasteiger partial charge is 0.338 e. The number of aryl methyl sites for hydroxylation is 1. The van der Waals surface area contributed by atoms with E-state index in [9.17, 15) is 4.79 Å². The Morgan fingerprint density at radius 1 is 1.33 bits per heavy atom. The number of carbonyl (C=O) groups excluding carboxylic acids is 1. The number of benzene rings is 1. The lowest BCUT2D eigenvalue weighted by Gasteiger charge is -2.36. The number of thiophene rings is 1. The van der Waals surface area contributed by atoms with Gasteiger partial charge in [0.25, 0.3) is 0 Å². The minimum atomic E-state index is 0.0302. The summed E-state index contributed by atoms with van der Waals surface area (Å²) in [5.41, 5.74) is 3.74. The van der Waals surface area contributed by atoms with E-state index in [2.05, 4.69) is 41.9 Å². The lowest BCUT2D eigenvalue weighted by atomic mass is 9.91. The average Bonchev–Trinajstić information content (AvgIpc) is 2.95. The highest BCUT2D eigenvalue weighted by molar-refractivity contribution is 7.10. The van der Waals surface area contributed by atoms with E-state index in [1.165, 1.54) is 21.6 Å². The molecule has 0 aliphatic carbocycles. The monoisotopic (exact) mass is 300 g/mol. The van der Waals surface area contributed by atoms with Crippen molar-refractivity contribution in [2.45, 2.75) is 26.3 Å². The SMILES string of the molecule is CCNC(=O)N1CCc2sccc2[C@@H]1c1ccccc1C. The molecule has 21 heavy (non-hydrogen) atoms. The number of fused-ring (bicyclic) bond motifs is 1. The number of nitrogens with one attached hydrogen (secondary N) is 1. The zero-order chi connectivity index (χ0) is 14.8. The standard InChI is InChI=1S/C17H20N2OS/c1-3-18-17(20)19-10-8-15-14(9-11-21-15)16(19)13-7-5-4-6-12(13)2/h4-7,9,11,16H,3,8,10H2,1-2H3,(H,18,20)/t16-/m0/s1. The van der Waals surface area contributed by atoms with Crippen LogP contribution in [0.4, 0.5) is 4.79 Å². The van der Waals surface area contributed by atoms with Crippen LogP contribution in [0.15, 0.2) is 35.7 Å². The van der Waals surface area contributed by atoms with Gasteiger partial charge in [0.2, 0.25) is 0 Å². The quantitative estimate of drug-likeness (QED) is 0.900. The highest BCUT2D eigenvalue weighted by atomic mass is 32.1. The zero-order valence-electron chi connectivity index (χ0n) is 12.4. The topological polar surface area (TPSA) is 32.3 Å². The van der Waals surface area contributed by atoms with Crippen LogP contribution in [0.25, 0.3) is 0 Å². The summed E-state index contributed by atoms with van der Waals surface area (Å²) in [6, 6.07) is 10.6. The molecule has 0 saturated carbocycles. The highest BCUT2D eigenvalue weighted by Gasteiger charge is 2.33. The summed E-state index contributed by atoms with van der Waals surface area (Å²) >= 11 is 1.80. The van der Waals surface area contributed by atoms with E-state index >= 15 is 0 Å². The molecule has 0 spiro atoms. The van der Waals surface area contributed by atoms with Gasteiger partial charge in [0.15, 0.2) is 0 Å². The predicted octanol–water partition coefficient (Wildman–Crippen LogP) is 3.73. The fourth-order valence-electron chi connectivity index (χ4n) is 3.02. The summed E-state index contributed by atoms with van der Waals surface area (Å²) in [5, 5.41) is 5.08. The Bertz CT molecular complexity index is 650. The van der Waals surface area contributed by atoms with E-state index in [0.29, 0.717) is 6.54 Å². The summed E-state index contributed by atoms with van der Waals surface area (Å²) in [5.74, 6) is 0. The molecule has 1 aliphatic heterocycles. The fraction of sp³-hybridized carbons (Fsp3) is 0.353. The molecule has 110 valence electrons. The molecule has 0 saturated heterocycles. The molecule has 0 radical (unpaired) electrons. The molecule has 0 unspecified atom stereocenters. The molecule has 3 rings (SSSR count). The van der Waals surface area contributed by atoms with Crippen LogP contribution in [0.3, 0.4) is 0 Å². The van der Waals surface area contributed by atoms with E-state index in [-0.39, 0.29) is 12.1 Å². The van der Waals surface area contributed by atoms with Crippen LogP contribution >= 0.6 is 11.3 Å². The minimum Gasteiger partial charge on any atom is -0.338 e. The third-order valence-corrected chi connectivity index (χ3v) is 5.03. The molecule has 4 heteroatoms. The molecule has 2 aromatic rings. The van der Waals surface area contributed by atoms with Crippen molar-refractivity contribution < 1.29 is 4.79 Å². The first-order valence-corrected chi connectivity index (χ1v) is 8.26. The van der Waals surface area contributed by atoms with Gasteiger partial charge in [-0.15, -0.1) is 11.3 Å². The van der Waals surface area contributed by atoms with Crippen molar-refractivity contribution in [1.29, 1.82) is 0 Å². The predicted molar refractivity (Wildman–Crippen MR) is 86.8 cm³/mol. The smallest absolute Gasteiger partial charge is 0.318 e. The maximum Gasteiger partial charge on any atom is 0.318 e. The molecule has 1 atom stereocenters. The van der Waals surface area contributed by atoms with E-state index in [4.69, 9.17) is 0 Å². The van der Waals surface area contributed by atoms with Gasteiger partial charge in [0.1, 0.15) is 0 Å². The fourth-order valence-corrected chi connectivity index (χ4v) is 3.92. The molecule has 1 N–H and O–H groups in total. The van der Waals surface area contributed by atoms with Gasteiger partial charge in [-0.25, -0.2) is 4.79 Å². The Kier molecular flexibility index (Phi) is 3.97. The molecule has 3 nitrogen and oxygen atoms in total. The van der Waals surface area contributed by atoms with Crippen LogP contribution in [-0.2, 0) is 6.42 Å². The molecule has 1 aromatic heterocycles. The minimum absolute atomic E-state index is 0.0302. The summed E-state index contributed by atoms with van der Waals surface area (Å²) in [6.45, 7) is 5.51. The summed E-state index contributed by atoms with van der Waals surface area (Å²) in [4.78, 5) is 15.8. The number of urea groups is 1. The maximum atomic E-state index is 12.4. The second kappa shape index (κ2) is 5.90. The average molecular weight is 300 g/mol. The third kappa shape index (κ3) is 2.56. The highest BCUT2D eigenvalue weighted by Crippen LogP contribution is 2.38. The summed E-state index contributed by atoms with van der Waals surface area (Å²) in [6.07, 6.45) is 0.951. The molecule has 2 amide bonds. The van der Waals surface area contributed by atoms with E-state index in [1.807, 2.05) is 17.9 Å². The van der Waals surface area contributed by atoms with E-state index in [1.54, 1.807) is 11.3 Å². The molecular formula is C17H20N2OS. The van der Waals surface area contributed by atoms with Crippen LogP contribution in [0.1, 0.15) is 34.5 Å². The van der Waals surface area contributed by atoms with Gasteiger partial charge < -0.3 is 10.2 Å². The maximum absolute atomic E-state index is 12.4. The lowest BCUT2D eigenvalue weighted by molar-refractivity contribution is 0.181. The summed E-state index contributed by atoms with van der Waals surface area (Å²) < 4.78 is 0. The van der Waals surface area contributed by atoms with E-state index < -0.39 is 0 Å². The Morgan fingerprint density at radius 2 is 2.14 bits per heavy atom. The normalized spacial score (nSPS) is 17.4. The molecule has 0 fully saturated rings. The number of hydrogen-bond acceptors (Lipinski definition) is 2. The number of hydrogen-bond donors (Lipinski definition) is 1. The van der Waals surface area contributed by atoms with Crippen molar-refractivity contribution in [3.05, 3.63) is 57.3 Å². The third-order valence-electron chi connectivity index (χ3n) is 4.04. The summed E-state index contributed by atoms with van der Waals surface area (Å²) in [7, 11) is 0. The van der Waals surface area contributed by atoms with Gasteiger partial charge in [-0.1, -0.05) is 24.3 Å². The van der Waals surface area contributed by atoms with Crippen LogP contribution in [0.2, 0.25) is 0 Å². The van der Waals surface area contributed by atoms with Crippen molar-refractivity contribution in [3.63, 3.8) is 0 Å². The van der Waals surface area contributed by atoms with Crippen LogP contribution in [0, 0.1) is 6.92 Å².